The second kappa shape index (κ2) is 5.67. The van der Waals surface area contributed by atoms with E-state index in [0.717, 1.165) is 19.6 Å². The molecule has 0 aromatic rings. The Kier molecular flexibility index (Phi) is 4.51. The molecule has 1 heterocycles. The number of carbonyl (C=O) groups excluding carboxylic acids is 2. The second-order valence-electron chi connectivity index (χ2n) is 3.60. The normalized spacial score (nSPS) is 15.9. The fraction of sp³-hybridized carbons (Fsp3) is 0.778. The van der Waals surface area contributed by atoms with Gasteiger partial charge in [-0.05, 0) is 6.54 Å². The van der Waals surface area contributed by atoms with Crippen molar-refractivity contribution in [1.29, 1.82) is 0 Å². The Morgan fingerprint density at radius 1 is 1.40 bits per heavy atom. The van der Waals surface area contributed by atoms with E-state index in [2.05, 4.69) is 21.1 Å². The van der Waals surface area contributed by atoms with Gasteiger partial charge in [-0.15, -0.1) is 0 Å². The van der Waals surface area contributed by atoms with Crippen molar-refractivity contribution in [3.05, 3.63) is 0 Å². The van der Waals surface area contributed by atoms with Gasteiger partial charge in [-0.3, -0.25) is 25.3 Å². The molecule has 0 unspecified atom stereocenters. The summed E-state index contributed by atoms with van der Waals surface area (Å²) in [5.41, 5.74) is 4.62. The standard InChI is InChI=1S/C9H18N4O2/c1-3-13(8-4-10-5-8)6-9(15)12-11-7(2)14/h8,10H,3-6H2,1-2H3,(H,11,14)(H,12,15). The van der Waals surface area contributed by atoms with Gasteiger partial charge in [-0.2, -0.15) is 0 Å². The van der Waals surface area contributed by atoms with Gasteiger partial charge in [0.05, 0.1) is 6.54 Å². The molecule has 1 fully saturated rings. The molecule has 2 amide bonds. The molecule has 6 heteroatoms. The van der Waals surface area contributed by atoms with E-state index >= 15 is 0 Å². The first-order chi connectivity index (χ1) is 7.13. The molecule has 1 saturated heterocycles. The minimum Gasteiger partial charge on any atom is -0.314 e. The van der Waals surface area contributed by atoms with Crippen LogP contribution in [-0.2, 0) is 9.59 Å². The number of hydrazine groups is 1. The van der Waals surface area contributed by atoms with Crippen molar-refractivity contribution in [2.45, 2.75) is 19.9 Å². The Morgan fingerprint density at radius 3 is 2.47 bits per heavy atom. The van der Waals surface area contributed by atoms with Gasteiger partial charge in [-0.1, -0.05) is 6.92 Å². The Balaban J connectivity index is 2.24. The summed E-state index contributed by atoms with van der Waals surface area (Å²) in [6.45, 7) is 6.39. The highest BCUT2D eigenvalue weighted by molar-refractivity contribution is 5.81. The number of nitrogens with one attached hydrogen (secondary N) is 3. The first kappa shape index (κ1) is 11.9. The molecule has 6 nitrogen and oxygen atoms in total. The summed E-state index contributed by atoms with van der Waals surface area (Å²) < 4.78 is 0. The Bertz CT molecular complexity index is 240. The summed E-state index contributed by atoms with van der Waals surface area (Å²) >= 11 is 0. The van der Waals surface area contributed by atoms with Gasteiger partial charge in [-0.25, -0.2) is 0 Å². The molecule has 3 N–H and O–H groups in total. The van der Waals surface area contributed by atoms with Crippen LogP contribution in [0.5, 0.6) is 0 Å². The maximum atomic E-state index is 11.4. The lowest BCUT2D eigenvalue weighted by atomic mass is 10.1. The third-order valence-corrected chi connectivity index (χ3v) is 2.41. The average molecular weight is 214 g/mol. The maximum Gasteiger partial charge on any atom is 0.252 e. The van der Waals surface area contributed by atoms with Crippen molar-refractivity contribution in [2.75, 3.05) is 26.2 Å². The van der Waals surface area contributed by atoms with Crippen LogP contribution in [0.2, 0.25) is 0 Å². The third-order valence-electron chi connectivity index (χ3n) is 2.41. The van der Waals surface area contributed by atoms with Crippen LogP contribution in [0.15, 0.2) is 0 Å². The topological polar surface area (TPSA) is 73.5 Å². The van der Waals surface area contributed by atoms with Gasteiger partial charge in [0.2, 0.25) is 5.91 Å². The van der Waals surface area contributed by atoms with E-state index in [-0.39, 0.29) is 11.8 Å². The number of amides is 2. The van der Waals surface area contributed by atoms with Crippen LogP contribution >= 0.6 is 0 Å². The van der Waals surface area contributed by atoms with E-state index in [4.69, 9.17) is 0 Å². The van der Waals surface area contributed by atoms with Crippen LogP contribution in [0, 0.1) is 0 Å². The average Bonchev–Trinajstić information content (AvgIpc) is 2.10. The van der Waals surface area contributed by atoms with Gasteiger partial charge in [0, 0.05) is 26.1 Å². The fourth-order valence-electron chi connectivity index (χ4n) is 1.41. The highest BCUT2D eigenvalue weighted by Crippen LogP contribution is 2.03. The SMILES string of the molecule is CCN(CC(=O)NNC(C)=O)C1CNC1. The Labute approximate surface area is 89.4 Å². The smallest absolute Gasteiger partial charge is 0.252 e. The first-order valence-corrected chi connectivity index (χ1v) is 5.13. The lowest BCUT2D eigenvalue weighted by Crippen LogP contribution is -2.59. The molecule has 1 aliphatic rings. The van der Waals surface area contributed by atoms with Crippen molar-refractivity contribution in [3.63, 3.8) is 0 Å². The molecule has 0 saturated carbocycles. The van der Waals surface area contributed by atoms with Gasteiger partial charge < -0.3 is 5.32 Å². The van der Waals surface area contributed by atoms with Gasteiger partial charge >= 0.3 is 0 Å². The number of hydrogen-bond donors (Lipinski definition) is 3. The molecular weight excluding hydrogens is 196 g/mol. The van der Waals surface area contributed by atoms with E-state index in [1.54, 1.807) is 0 Å². The zero-order chi connectivity index (χ0) is 11.3. The number of nitrogens with zero attached hydrogens (tertiary/aromatic N) is 1. The molecular formula is C9H18N4O2. The van der Waals surface area contributed by atoms with Crippen molar-refractivity contribution in [2.24, 2.45) is 0 Å². The van der Waals surface area contributed by atoms with Crippen LogP contribution in [0.25, 0.3) is 0 Å². The largest absolute Gasteiger partial charge is 0.314 e. The Morgan fingerprint density at radius 2 is 2.07 bits per heavy atom. The number of rotatable bonds is 4. The summed E-state index contributed by atoms with van der Waals surface area (Å²) in [7, 11) is 0. The minimum absolute atomic E-state index is 0.182. The van der Waals surface area contributed by atoms with Crippen LogP contribution < -0.4 is 16.2 Å². The van der Waals surface area contributed by atoms with Gasteiger partial charge in [0.1, 0.15) is 0 Å². The summed E-state index contributed by atoms with van der Waals surface area (Å²) in [6, 6.07) is 0.443. The molecule has 1 rings (SSSR count). The minimum atomic E-state index is -0.267. The molecule has 0 aromatic heterocycles. The molecule has 0 atom stereocenters. The fourth-order valence-corrected chi connectivity index (χ4v) is 1.41. The van der Waals surface area contributed by atoms with Crippen molar-refractivity contribution in [1.82, 2.24) is 21.1 Å². The second-order valence-corrected chi connectivity index (χ2v) is 3.60. The highest BCUT2D eigenvalue weighted by Gasteiger charge is 2.24. The van der Waals surface area contributed by atoms with Gasteiger partial charge in [0.15, 0.2) is 0 Å². The Hall–Kier alpha value is -1.14. The zero-order valence-corrected chi connectivity index (χ0v) is 9.17. The summed E-state index contributed by atoms with van der Waals surface area (Å²) in [5.74, 6) is -0.448. The summed E-state index contributed by atoms with van der Waals surface area (Å²) in [4.78, 5) is 24.0. The molecule has 0 aliphatic carbocycles. The predicted octanol–water partition coefficient (Wildman–Crippen LogP) is -1.55. The van der Waals surface area contributed by atoms with E-state index < -0.39 is 0 Å². The summed E-state index contributed by atoms with van der Waals surface area (Å²) in [6.07, 6.45) is 0. The molecule has 0 radical (unpaired) electrons. The zero-order valence-electron chi connectivity index (χ0n) is 9.17. The third kappa shape index (κ3) is 3.85. The molecule has 15 heavy (non-hydrogen) atoms. The summed E-state index contributed by atoms with van der Waals surface area (Å²) in [5, 5.41) is 3.16. The molecule has 0 spiro atoms. The van der Waals surface area contributed by atoms with Crippen molar-refractivity contribution in [3.8, 4) is 0 Å². The molecule has 0 aromatic carbocycles. The maximum absolute atomic E-state index is 11.4. The number of carbonyl (C=O) groups is 2. The number of likely N-dealkylation sites (N-methyl/N-ethyl adjacent to an activating group) is 1. The van der Waals surface area contributed by atoms with Crippen LogP contribution in [-0.4, -0.2) is 48.9 Å². The lowest BCUT2D eigenvalue weighted by Gasteiger charge is -2.37. The van der Waals surface area contributed by atoms with E-state index in [1.807, 2.05) is 6.92 Å². The van der Waals surface area contributed by atoms with Gasteiger partial charge in [0.25, 0.3) is 5.91 Å². The van der Waals surface area contributed by atoms with Crippen LogP contribution in [0.4, 0.5) is 0 Å². The monoisotopic (exact) mass is 214 g/mol. The van der Waals surface area contributed by atoms with Crippen LogP contribution in [0.3, 0.4) is 0 Å². The first-order valence-electron chi connectivity index (χ1n) is 5.13. The number of hydrogen-bond acceptors (Lipinski definition) is 4. The predicted molar refractivity (Wildman–Crippen MR) is 55.9 cm³/mol. The van der Waals surface area contributed by atoms with E-state index in [0.29, 0.717) is 12.6 Å². The molecule has 1 aliphatic heterocycles. The van der Waals surface area contributed by atoms with E-state index in [1.165, 1.54) is 6.92 Å². The van der Waals surface area contributed by atoms with Crippen molar-refractivity contribution < 1.29 is 9.59 Å². The lowest BCUT2D eigenvalue weighted by molar-refractivity contribution is -0.129. The molecule has 86 valence electrons. The highest BCUT2D eigenvalue weighted by atomic mass is 16.2. The van der Waals surface area contributed by atoms with Crippen LogP contribution in [0.1, 0.15) is 13.8 Å². The molecule has 0 bridgehead atoms. The quantitative estimate of drug-likeness (QED) is 0.495. The van der Waals surface area contributed by atoms with Crippen molar-refractivity contribution >= 4 is 11.8 Å². The van der Waals surface area contributed by atoms with E-state index in [9.17, 15) is 9.59 Å².